The average Bonchev–Trinajstić information content (AvgIpc) is 2.93. The molecule has 23 heavy (non-hydrogen) atoms. The van der Waals surface area contributed by atoms with Gasteiger partial charge in [0.15, 0.2) is 0 Å². The molecule has 1 amide bonds. The Labute approximate surface area is 136 Å². The minimum Gasteiger partial charge on any atom is -0.347 e. The Balaban J connectivity index is 2.08. The summed E-state index contributed by atoms with van der Waals surface area (Å²) in [7, 11) is 3.60. The minimum atomic E-state index is -0.541. The highest BCUT2D eigenvalue weighted by Gasteiger charge is 2.23. The van der Waals surface area contributed by atoms with Crippen LogP contribution in [0.5, 0.6) is 0 Å². The van der Waals surface area contributed by atoms with Crippen LogP contribution in [0, 0.1) is 5.82 Å². The molecule has 0 saturated carbocycles. The number of hydrogen-bond acceptors (Lipinski definition) is 3. The molecular formula is C17H23FN4O. The molecule has 2 aromatic rings. The molecule has 0 radical (unpaired) electrons. The number of hydrogen-bond donors (Lipinski definition) is 1. The van der Waals surface area contributed by atoms with Crippen molar-refractivity contribution in [2.75, 3.05) is 14.1 Å². The number of benzene rings is 1. The zero-order valence-corrected chi connectivity index (χ0v) is 13.8. The standard InChI is InChI=1S/C17H23FN4O/c1-4-9-22-10-8-19-15(22)12-20-17(23)16(21(2)3)13-6-5-7-14(18)11-13/h5-8,10-11,16H,4,9,12H2,1-3H3,(H,20,23)/t16-/m1/s1. The third-order valence-electron chi connectivity index (χ3n) is 3.62. The highest BCUT2D eigenvalue weighted by Crippen LogP contribution is 2.19. The topological polar surface area (TPSA) is 50.2 Å². The van der Waals surface area contributed by atoms with Gasteiger partial charge < -0.3 is 9.88 Å². The monoisotopic (exact) mass is 318 g/mol. The van der Waals surface area contributed by atoms with Gasteiger partial charge in [0.1, 0.15) is 17.7 Å². The maximum Gasteiger partial charge on any atom is 0.242 e. The number of carbonyl (C=O) groups is 1. The summed E-state index contributed by atoms with van der Waals surface area (Å²) < 4.78 is 15.5. The minimum absolute atomic E-state index is 0.174. The van der Waals surface area contributed by atoms with Crippen molar-refractivity contribution < 1.29 is 9.18 Å². The van der Waals surface area contributed by atoms with E-state index in [2.05, 4.69) is 17.2 Å². The summed E-state index contributed by atoms with van der Waals surface area (Å²) in [5.41, 5.74) is 0.629. The fourth-order valence-corrected chi connectivity index (χ4v) is 2.58. The number of likely N-dealkylation sites (N-methyl/N-ethyl adjacent to an activating group) is 1. The maximum absolute atomic E-state index is 13.4. The van der Waals surface area contributed by atoms with Gasteiger partial charge >= 0.3 is 0 Å². The van der Waals surface area contributed by atoms with Crippen molar-refractivity contribution in [3.63, 3.8) is 0 Å². The van der Waals surface area contributed by atoms with Gasteiger partial charge in [0.2, 0.25) is 5.91 Å². The van der Waals surface area contributed by atoms with Crippen LogP contribution in [0.2, 0.25) is 0 Å². The molecule has 6 heteroatoms. The zero-order valence-electron chi connectivity index (χ0n) is 13.8. The first-order valence-corrected chi connectivity index (χ1v) is 7.72. The Morgan fingerprint density at radius 2 is 2.22 bits per heavy atom. The second kappa shape index (κ2) is 7.87. The summed E-state index contributed by atoms with van der Waals surface area (Å²) in [6.45, 7) is 3.31. The molecule has 0 saturated heterocycles. The molecule has 124 valence electrons. The van der Waals surface area contributed by atoms with E-state index in [1.165, 1.54) is 12.1 Å². The highest BCUT2D eigenvalue weighted by molar-refractivity contribution is 5.83. The third kappa shape index (κ3) is 4.39. The Kier molecular flexibility index (Phi) is 5.87. The van der Waals surface area contributed by atoms with E-state index in [9.17, 15) is 9.18 Å². The van der Waals surface area contributed by atoms with Gasteiger partial charge in [-0.05, 0) is 38.2 Å². The second-order valence-corrected chi connectivity index (χ2v) is 5.68. The van der Waals surface area contributed by atoms with Crippen LogP contribution in [-0.2, 0) is 17.9 Å². The molecule has 0 spiro atoms. The lowest BCUT2D eigenvalue weighted by molar-refractivity contribution is -0.126. The molecule has 1 heterocycles. The number of carbonyl (C=O) groups excluding carboxylic acids is 1. The smallest absolute Gasteiger partial charge is 0.242 e. The van der Waals surface area contributed by atoms with Crippen LogP contribution >= 0.6 is 0 Å². The Morgan fingerprint density at radius 3 is 2.87 bits per heavy atom. The molecule has 0 fully saturated rings. The molecule has 2 rings (SSSR count). The molecule has 0 aliphatic rings. The molecule has 0 aliphatic carbocycles. The zero-order chi connectivity index (χ0) is 16.8. The van der Waals surface area contributed by atoms with E-state index in [1.807, 2.05) is 10.8 Å². The average molecular weight is 318 g/mol. The number of aryl methyl sites for hydroxylation is 1. The van der Waals surface area contributed by atoms with Gasteiger partial charge in [0.25, 0.3) is 0 Å². The van der Waals surface area contributed by atoms with Crippen molar-refractivity contribution in [2.24, 2.45) is 0 Å². The quantitative estimate of drug-likeness (QED) is 0.852. The van der Waals surface area contributed by atoms with Crippen molar-refractivity contribution in [3.8, 4) is 0 Å². The van der Waals surface area contributed by atoms with Gasteiger partial charge in [-0.25, -0.2) is 9.37 Å². The van der Waals surface area contributed by atoms with Gasteiger partial charge in [-0.2, -0.15) is 0 Å². The van der Waals surface area contributed by atoms with Crippen molar-refractivity contribution >= 4 is 5.91 Å². The predicted molar refractivity (Wildman–Crippen MR) is 87.2 cm³/mol. The fourth-order valence-electron chi connectivity index (χ4n) is 2.58. The number of rotatable bonds is 7. The predicted octanol–water partition coefficient (Wildman–Crippen LogP) is 2.35. The summed E-state index contributed by atoms with van der Waals surface area (Å²) >= 11 is 0. The van der Waals surface area contributed by atoms with Crippen molar-refractivity contribution in [3.05, 3.63) is 53.9 Å². The molecule has 1 N–H and O–H groups in total. The van der Waals surface area contributed by atoms with Gasteiger partial charge in [0.05, 0.1) is 6.54 Å². The summed E-state index contributed by atoms with van der Waals surface area (Å²) in [6.07, 6.45) is 4.63. The number of imidazole rings is 1. The van der Waals surface area contributed by atoms with Crippen LogP contribution in [0.15, 0.2) is 36.7 Å². The van der Waals surface area contributed by atoms with Crippen LogP contribution in [0.1, 0.15) is 30.8 Å². The number of nitrogens with one attached hydrogen (secondary N) is 1. The van der Waals surface area contributed by atoms with Crippen LogP contribution in [0.4, 0.5) is 4.39 Å². The van der Waals surface area contributed by atoms with E-state index >= 15 is 0 Å². The lowest BCUT2D eigenvalue weighted by Crippen LogP contribution is -2.37. The highest BCUT2D eigenvalue weighted by atomic mass is 19.1. The largest absolute Gasteiger partial charge is 0.347 e. The maximum atomic E-state index is 13.4. The van der Waals surface area contributed by atoms with Crippen LogP contribution < -0.4 is 5.32 Å². The van der Waals surface area contributed by atoms with Crippen molar-refractivity contribution in [1.29, 1.82) is 0 Å². The van der Waals surface area contributed by atoms with Gasteiger partial charge in [-0.1, -0.05) is 19.1 Å². The molecule has 0 bridgehead atoms. The van der Waals surface area contributed by atoms with Gasteiger partial charge in [-0.15, -0.1) is 0 Å². The van der Waals surface area contributed by atoms with E-state index in [4.69, 9.17) is 0 Å². The van der Waals surface area contributed by atoms with E-state index in [1.54, 1.807) is 37.3 Å². The van der Waals surface area contributed by atoms with Crippen molar-refractivity contribution in [1.82, 2.24) is 19.8 Å². The van der Waals surface area contributed by atoms with Crippen LogP contribution in [0.3, 0.4) is 0 Å². The number of nitrogens with zero attached hydrogens (tertiary/aromatic N) is 3. The summed E-state index contributed by atoms with van der Waals surface area (Å²) in [5.74, 6) is 0.296. The van der Waals surface area contributed by atoms with Crippen LogP contribution in [0.25, 0.3) is 0 Å². The molecule has 1 aromatic carbocycles. The molecule has 0 aliphatic heterocycles. The fraction of sp³-hybridized carbons (Fsp3) is 0.412. The van der Waals surface area contributed by atoms with Crippen molar-refractivity contribution in [2.45, 2.75) is 32.5 Å². The molecule has 0 unspecified atom stereocenters. The summed E-state index contributed by atoms with van der Waals surface area (Å²) in [4.78, 5) is 18.6. The molecule has 5 nitrogen and oxygen atoms in total. The normalized spacial score (nSPS) is 12.4. The lowest BCUT2D eigenvalue weighted by Gasteiger charge is -2.24. The summed E-state index contributed by atoms with van der Waals surface area (Å²) in [5, 5.41) is 2.90. The van der Waals surface area contributed by atoms with Gasteiger partial charge in [-0.3, -0.25) is 9.69 Å². The van der Waals surface area contributed by atoms with E-state index in [-0.39, 0.29) is 11.7 Å². The van der Waals surface area contributed by atoms with Gasteiger partial charge in [0, 0.05) is 18.9 Å². The van der Waals surface area contributed by atoms with E-state index in [0.29, 0.717) is 12.1 Å². The second-order valence-electron chi connectivity index (χ2n) is 5.68. The first kappa shape index (κ1) is 17.1. The Morgan fingerprint density at radius 1 is 1.43 bits per heavy atom. The first-order valence-electron chi connectivity index (χ1n) is 7.72. The SMILES string of the molecule is CCCn1ccnc1CNC(=O)[C@@H](c1cccc(F)c1)N(C)C. The van der Waals surface area contributed by atoms with Crippen LogP contribution in [-0.4, -0.2) is 34.5 Å². The van der Waals surface area contributed by atoms with E-state index in [0.717, 1.165) is 18.8 Å². The molecular weight excluding hydrogens is 295 g/mol. The van der Waals surface area contributed by atoms with E-state index < -0.39 is 6.04 Å². The first-order chi connectivity index (χ1) is 11.0. The lowest BCUT2D eigenvalue weighted by atomic mass is 10.1. The Bertz CT molecular complexity index is 654. The molecule has 1 aromatic heterocycles. The summed E-state index contributed by atoms with van der Waals surface area (Å²) in [6, 6.07) is 5.59. The number of aromatic nitrogens is 2. The Hall–Kier alpha value is -2.21. The third-order valence-corrected chi connectivity index (χ3v) is 3.62. The number of amides is 1. The number of halogens is 1. The molecule has 1 atom stereocenters.